The minimum absolute atomic E-state index is 0.220. The van der Waals surface area contributed by atoms with E-state index in [9.17, 15) is 9.18 Å². The molecule has 0 aliphatic carbocycles. The lowest BCUT2D eigenvalue weighted by molar-refractivity contribution is -0.120. The van der Waals surface area contributed by atoms with E-state index in [1.54, 1.807) is 7.11 Å². The summed E-state index contributed by atoms with van der Waals surface area (Å²) < 4.78 is 17.1. The molecule has 1 aliphatic rings. The Bertz CT molecular complexity index is 400. The van der Waals surface area contributed by atoms with Gasteiger partial charge in [-0.15, -0.1) is 0 Å². The van der Waals surface area contributed by atoms with Crippen molar-refractivity contribution in [1.29, 1.82) is 0 Å². The number of amides is 1. The van der Waals surface area contributed by atoms with Crippen molar-refractivity contribution in [3.8, 4) is 0 Å². The van der Waals surface area contributed by atoms with Crippen molar-refractivity contribution in [2.24, 2.45) is 11.8 Å². The van der Waals surface area contributed by atoms with E-state index >= 15 is 0 Å². The first kappa shape index (κ1) is 22.6. The number of hydrogen-bond acceptors (Lipinski definition) is 2. The van der Waals surface area contributed by atoms with E-state index in [0.29, 0.717) is 24.9 Å². The predicted molar refractivity (Wildman–Crippen MR) is 98.6 cm³/mol. The quantitative estimate of drug-likeness (QED) is 0.703. The molecule has 1 aliphatic heterocycles. The van der Waals surface area contributed by atoms with E-state index < -0.39 is 0 Å². The molecule has 0 aromatic heterocycles. The SMILES string of the molecule is CC.CCC1CN(C=O)CCC1CCF.COCc1ccccc1. The van der Waals surface area contributed by atoms with Crippen molar-refractivity contribution in [2.45, 2.75) is 46.6 Å². The highest BCUT2D eigenvalue weighted by Gasteiger charge is 2.26. The van der Waals surface area contributed by atoms with Crippen LogP contribution in [0.15, 0.2) is 30.3 Å². The Morgan fingerprint density at radius 1 is 1.25 bits per heavy atom. The molecule has 1 fully saturated rings. The average molecular weight is 339 g/mol. The molecule has 2 rings (SSSR count). The maximum atomic E-state index is 12.2. The molecular weight excluding hydrogens is 305 g/mol. The number of carbonyl (C=O) groups is 1. The molecule has 1 heterocycles. The van der Waals surface area contributed by atoms with Crippen molar-refractivity contribution in [1.82, 2.24) is 4.90 Å². The normalized spacial score (nSPS) is 19.5. The Hall–Kier alpha value is -1.42. The molecule has 4 heteroatoms. The molecule has 138 valence electrons. The number of likely N-dealkylation sites (tertiary alicyclic amines) is 1. The van der Waals surface area contributed by atoms with Crippen LogP contribution in [0.25, 0.3) is 0 Å². The molecule has 1 amide bonds. The van der Waals surface area contributed by atoms with Crippen LogP contribution < -0.4 is 0 Å². The number of rotatable bonds is 6. The van der Waals surface area contributed by atoms with Gasteiger partial charge < -0.3 is 9.64 Å². The largest absolute Gasteiger partial charge is 0.380 e. The number of methoxy groups -OCH3 is 1. The van der Waals surface area contributed by atoms with Gasteiger partial charge in [0.2, 0.25) is 6.41 Å². The molecule has 0 saturated carbocycles. The van der Waals surface area contributed by atoms with Gasteiger partial charge in [-0.25, -0.2) is 0 Å². The summed E-state index contributed by atoms with van der Waals surface area (Å²) in [4.78, 5) is 12.3. The van der Waals surface area contributed by atoms with Crippen molar-refractivity contribution >= 4 is 6.41 Å². The summed E-state index contributed by atoms with van der Waals surface area (Å²) >= 11 is 0. The lowest BCUT2D eigenvalue weighted by atomic mass is 9.82. The Labute approximate surface area is 147 Å². The fourth-order valence-electron chi connectivity index (χ4n) is 2.93. The second kappa shape index (κ2) is 15.1. The Kier molecular flexibility index (Phi) is 14.2. The van der Waals surface area contributed by atoms with Crippen molar-refractivity contribution in [3.05, 3.63) is 35.9 Å². The van der Waals surface area contributed by atoms with E-state index in [1.807, 2.05) is 49.1 Å². The lowest BCUT2D eigenvalue weighted by Gasteiger charge is -2.36. The lowest BCUT2D eigenvalue weighted by Crippen LogP contribution is -2.39. The number of nitrogens with zero attached hydrogens (tertiary/aromatic N) is 1. The van der Waals surface area contributed by atoms with Gasteiger partial charge in [0.15, 0.2) is 0 Å². The molecule has 1 aromatic carbocycles. The van der Waals surface area contributed by atoms with Crippen LogP contribution in [0.1, 0.15) is 45.6 Å². The molecule has 1 aromatic rings. The monoisotopic (exact) mass is 339 g/mol. The number of piperidine rings is 1. The maximum Gasteiger partial charge on any atom is 0.209 e. The fourth-order valence-corrected chi connectivity index (χ4v) is 2.93. The number of benzene rings is 1. The number of halogens is 1. The van der Waals surface area contributed by atoms with Gasteiger partial charge >= 0.3 is 0 Å². The summed E-state index contributed by atoms with van der Waals surface area (Å²) in [5.41, 5.74) is 1.22. The molecule has 0 bridgehead atoms. The number of carbonyl (C=O) groups excluding carboxylic acids is 1. The molecule has 0 radical (unpaired) electrons. The topological polar surface area (TPSA) is 29.5 Å². The number of alkyl halides is 1. The van der Waals surface area contributed by atoms with Crippen LogP contribution in [0.3, 0.4) is 0 Å². The summed E-state index contributed by atoms with van der Waals surface area (Å²) in [6.07, 6.45) is 3.61. The predicted octanol–water partition coefficient (Wildman–Crippen LogP) is 4.71. The zero-order valence-electron chi connectivity index (χ0n) is 15.7. The van der Waals surface area contributed by atoms with Crippen LogP contribution in [-0.2, 0) is 16.1 Å². The first-order valence-corrected chi connectivity index (χ1v) is 9.03. The second-order valence-corrected chi connectivity index (χ2v) is 5.71. The Morgan fingerprint density at radius 2 is 1.92 bits per heavy atom. The van der Waals surface area contributed by atoms with Gasteiger partial charge in [-0.1, -0.05) is 57.5 Å². The molecule has 3 nitrogen and oxygen atoms in total. The van der Waals surface area contributed by atoms with Gasteiger partial charge in [0.05, 0.1) is 13.3 Å². The average Bonchev–Trinajstić information content (AvgIpc) is 2.65. The van der Waals surface area contributed by atoms with Gasteiger partial charge in [-0.3, -0.25) is 9.18 Å². The standard InChI is InChI=1S/C10H18FNO.C8H10O.C2H6/c1-2-9-7-12(8-13)6-4-10(9)3-5-11;1-9-7-8-5-3-2-4-6-8;1-2/h8-10H,2-7H2,1H3;2-6H,7H2,1H3;1-2H3. The smallest absolute Gasteiger partial charge is 0.209 e. The first-order chi connectivity index (χ1) is 11.7. The number of hydrogen-bond donors (Lipinski definition) is 0. The molecule has 2 unspecified atom stereocenters. The third-order valence-corrected chi connectivity index (χ3v) is 4.23. The molecule has 24 heavy (non-hydrogen) atoms. The summed E-state index contributed by atoms with van der Waals surface area (Å²) in [7, 11) is 1.70. The molecule has 0 N–H and O–H groups in total. The highest BCUT2D eigenvalue weighted by molar-refractivity contribution is 5.47. The Morgan fingerprint density at radius 3 is 2.42 bits per heavy atom. The molecule has 2 atom stereocenters. The minimum atomic E-state index is -0.220. The summed E-state index contributed by atoms with van der Waals surface area (Å²) in [5.74, 6) is 1.00. The van der Waals surface area contributed by atoms with E-state index in [4.69, 9.17) is 4.74 Å². The van der Waals surface area contributed by atoms with Gasteiger partial charge in [-0.05, 0) is 30.2 Å². The van der Waals surface area contributed by atoms with E-state index in [2.05, 4.69) is 6.92 Å². The zero-order valence-corrected chi connectivity index (χ0v) is 15.7. The van der Waals surface area contributed by atoms with Crippen molar-refractivity contribution in [3.63, 3.8) is 0 Å². The minimum Gasteiger partial charge on any atom is -0.380 e. The van der Waals surface area contributed by atoms with E-state index in [-0.39, 0.29) is 6.67 Å². The summed E-state index contributed by atoms with van der Waals surface area (Å²) in [5, 5.41) is 0. The van der Waals surface area contributed by atoms with Crippen molar-refractivity contribution < 1.29 is 13.9 Å². The van der Waals surface area contributed by atoms with Gasteiger partial charge in [-0.2, -0.15) is 0 Å². The number of ether oxygens (including phenoxy) is 1. The van der Waals surface area contributed by atoms with Crippen LogP contribution in [0.2, 0.25) is 0 Å². The fraction of sp³-hybridized carbons (Fsp3) is 0.650. The van der Waals surface area contributed by atoms with Gasteiger partial charge in [0.1, 0.15) is 0 Å². The van der Waals surface area contributed by atoms with E-state index in [1.165, 1.54) is 5.56 Å². The zero-order chi connectivity index (χ0) is 18.2. The maximum absolute atomic E-state index is 12.2. The van der Waals surface area contributed by atoms with Crippen LogP contribution in [0, 0.1) is 11.8 Å². The molecule has 1 saturated heterocycles. The van der Waals surface area contributed by atoms with Gasteiger partial charge in [0.25, 0.3) is 0 Å². The third-order valence-electron chi connectivity index (χ3n) is 4.23. The van der Waals surface area contributed by atoms with Crippen LogP contribution >= 0.6 is 0 Å². The summed E-state index contributed by atoms with van der Waals surface area (Å²) in [6, 6.07) is 10.1. The van der Waals surface area contributed by atoms with E-state index in [0.717, 1.165) is 32.3 Å². The Balaban J connectivity index is 0.000000420. The third kappa shape index (κ3) is 9.02. The van der Waals surface area contributed by atoms with Crippen LogP contribution in [0.5, 0.6) is 0 Å². The molecular formula is C20H34FNO2. The van der Waals surface area contributed by atoms with Crippen LogP contribution in [0.4, 0.5) is 4.39 Å². The van der Waals surface area contributed by atoms with Gasteiger partial charge in [0, 0.05) is 20.2 Å². The molecule has 0 spiro atoms. The first-order valence-electron chi connectivity index (χ1n) is 9.03. The summed E-state index contributed by atoms with van der Waals surface area (Å²) in [6.45, 7) is 8.24. The second-order valence-electron chi connectivity index (χ2n) is 5.71. The van der Waals surface area contributed by atoms with Crippen LogP contribution in [-0.4, -0.2) is 38.2 Å². The highest BCUT2D eigenvalue weighted by atomic mass is 19.1. The highest BCUT2D eigenvalue weighted by Crippen LogP contribution is 2.28. The van der Waals surface area contributed by atoms with Crippen molar-refractivity contribution in [2.75, 3.05) is 26.9 Å².